The Balaban J connectivity index is 1.94. The summed E-state index contributed by atoms with van der Waals surface area (Å²) in [5.74, 6) is -0.342. The number of carbonyl (C=O) groups is 2. The molecule has 1 fully saturated rings. The molecule has 0 atom stereocenters. The molecule has 0 heterocycles. The highest BCUT2D eigenvalue weighted by Gasteiger charge is 2.30. The fourth-order valence-corrected chi connectivity index (χ4v) is 5.34. The smallest absolute Gasteiger partial charge is 0.264 e. The van der Waals surface area contributed by atoms with Crippen LogP contribution in [0.2, 0.25) is 0 Å². The molecule has 0 unspecified atom stereocenters. The number of amides is 1. The Kier molecular flexibility index (Phi) is 7.15. The average Bonchev–Trinajstić information content (AvgIpc) is 2.77. The lowest BCUT2D eigenvalue weighted by molar-refractivity contribution is -0.130. The summed E-state index contributed by atoms with van der Waals surface area (Å²) < 4.78 is 28.1. The topological polar surface area (TPSA) is 74.8 Å². The number of carbonyl (C=O) groups excluding carboxylic acids is 2. The number of ketones is 1. The van der Waals surface area contributed by atoms with Crippen molar-refractivity contribution in [2.45, 2.75) is 56.9 Å². The highest BCUT2D eigenvalue weighted by molar-refractivity contribution is 7.92. The van der Waals surface area contributed by atoms with Crippen molar-refractivity contribution >= 4 is 27.4 Å². The molecule has 0 N–H and O–H groups in total. The number of anilines is 1. The van der Waals surface area contributed by atoms with Crippen molar-refractivity contribution in [1.29, 1.82) is 0 Å². The lowest BCUT2D eigenvalue weighted by atomic mass is 9.94. The molecule has 1 saturated carbocycles. The number of likely N-dealkylation sites (N-methyl/N-ethyl adjacent to an activating group) is 1. The van der Waals surface area contributed by atoms with E-state index < -0.39 is 10.0 Å². The first-order chi connectivity index (χ1) is 14.7. The molecule has 31 heavy (non-hydrogen) atoms. The molecule has 3 rings (SSSR count). The van der Waals surface area contributed by atoms with Crippen molar-refractivity contribution in [2.75, 3.05) is 17.9 Å². The predicted octanol–water partition coefficient (Wildman–Crippen LogP) is 4.18. The van der Waals surface area contributed by atoms with Gasteiger partial charge in [0.15, 0.2) is 5.78 Å². The normalized spacial score (nSPS) is 14.8. The van der Waals surface area contributed by atoms with Gasteiger partial charge < -0.3 is 4.90 Å². The van der Waals surface area contributed by atoms with Gasteiger partial charge in [0.05, 0.1) is 10.6 Å². The quantitative estimate of drug-likeness (QED) is 0.603. The van der Waals surface area contributed by atoms with E-state index in [1.54, 1.807) is 60.5 Å². The molecule has 0 radical (unpaired) electrons. The van der Waals surface area contributed by atoms with Crippen LogP contribution in [0.3, 0.4) is 0 Å². The number of sulfonamides is 1. The van der Waals surface area contributed by atoms with Crippen molar-refractivity contribution in [1.82, 2.24) is 4.90 Å². The van der Waals surface area contributed by atoms with E-state index in [0.29, 0.717) is 11.3 Å². The fraction of sp³-hybridized carbons (Fsp3) is 0.417. The van der Waals surface area contributed by atoms with Crippen LogP contribution in [0.5, 0.6) is 0 Å². The second kappa shape index (κ2) is 9.64. The van der Waals surface area contributed by atoms with Crippen molar-refractivity contribution in [2.24, 2.45) is 0 Å². The molecule has 2 aromatic rings. The van der Waals surface area contributed by atoms with Gasteiger partial charge in [0.1, 0.15) is 6.54 Å². The van der Waals surface area contributed by atoms with E-state index >= 15 is 0 Å². The van der Waals surface area contributed by atoms with Gasteiger partial charge in [0, 0.05) is 18.7 Å². The molecule has 0 bridgehead atoms. The molecule has 1 aliphatic carbocycles. The first kappa shape index (κ1) is 23.0. The lowest BCUT2D eigenvalue weighted by Gasteiger charge is -2.33. The van der Waals surface area contributed by atoms with E-state index in [0.717, 1.165) is 35.6 Å². The minimum atomic E-state index is -3.96. The zero-order chi connectivity index (χ0) is 22.6. The Hall–Kier alpha value is -2.67. The lowest BCUT2D eigenvalue weighted by Crippen LogP contribution is -2.45. The van der Waals surface area contributed by atoms with Crippen molar-refractivity contribution in [3.05, 3.63) is 59.7 Å². The summed E-state index contributed by atoms with van der Waals surface area (Å²) in [5.41, 5.74) is 1.79. The second-order valence-electron chi connectivity index (χ2n) is 8.22. The number of aryl methyl sites for hydroxylation is 1. The molecule has 0 aliphatic heterocycles. The second-order valence-corrected chi connectivity index (χ2v) is 10.1. The van der Waals surface area contributed by atoms with Crippen LogP contribution in [-0.2, 0) is 14.8 Å². The molecule has 6 nitrogen and oxygen atoms in total. The molecular formula is C24H30N2O4S. The minimum Gasteiger partial charge on any atom is -0.341 e. The summed E-state index contributed by atoms with van der Waals surface area (Å²) >= 11 is 0. The highest BCUT2D eigenvalue weighted by atomic mass is 32.2. The molecule has 7 heteroatoms. The maximum absolute atomic E-state index is 13.5. The van der Waals surface area contributed by atoms with Crippen LogP contribution in [0.15, 0.2) is 53.4 Å². The van der Waals surface area contributed by atoms with Crippen LogP contribution in [0.1, 0.15) is 54.9 Å². The maximum Gasteiger partial charge on any atom is 0.264 e. The van der Waals surface area contributed by atoms with E-state index in [2.05, 4.69) is 0 Å². The maximum atomic E-state index is 13.5. The molecule has 0 spiro atoms. The zero-order valence-electron chi connectivity index (χ0n) is 18.4. The molecule has 0 aromatic heterocycles. The van der Waals surface area contributed by atoms with Crippen LogP contribution in [-0.4, -0.2) is 44.6 Å². The number of benzene rings is 2. The van der Waals surface area contributed by atoms with Crippen LogP contribution >= 0.6 is 0 Å². The Labute approximate surface area is 184 Å². The summed E-state index contributed by atoms with van der Waals surface area (Å²) in [4.78, 5) is 26.5. The van der Waals surface area contributed by atoms with Crippen molar-refractivity contribution in [3.8, 4) is 0 Å². The summed E-state index contributed by atoms with van der Waals surface area (Å²) in [6, 6.07) is 13.1. The van der Waals surface area contributed by atoms with E-state index in [9.17, 15) is 18.0 Å². The number of rotatable bonds is 7. The zero-order valence-corrected chi connectivity index (χ0v) is 19.2. The Morgan fingerprint density at radius 2 is 1.52 bits per heavy atom. The van der Waals surface area contributed by atoms with Crippen molar-refractivity contribution in [3.63, 3.8) is 0 Å². The van der Waals surface area contributed by atoms with Crippen molar-refractivity contribution < 1.29 is 18.0 Å². The highest BCUT2D eigenvalue weighted by Crippen LogP contribution is 2.26. The van der Waals surface area contributed by atoms with Gasteiger partial charge in [-0.25, -0.2) is 8.42 Å². The third-order valence-corrected chi connectivity index (χ3v) is 7.75. The number of Topliss-reactive ketones (excluding diaryl/α,β-unsaturated/α-hetero) is 1. The molecular weight excluding hydrogens is 412 g/mol. The molecule has 166 valence electrons. The van der Waals surface area contributed by atoms with Gasteiger partial charge in [-0.2, -0.15) is 0 Å². The Morgan fingerprint density at radius 1 is 0.935 bits per heavy atom. The predicted molar refractivity (Wildman–Crippen MR) is 122 cm³/mol. The van der Waals surface area contributed by atoms with Crippen LogP contribution < -0.4 is 4.31 Å². The molecule has 1 aliphatic rings. The molecule has 2 aromatic carbocycles. The van der Waals surface area contributed by atoms with Crippen LogP contribution in [0, 0.1) is 6.92 Å². The number of nitrogens with zero attached hydrogens (tertiary/aromatic N) is 2. The Bertz CT molecular complexity index is 1020. The first-order valence-electron chi connectivity index (χ1n) is 10.7. The first-order valence-corrected chi connectivity index (χ1v) is 12.1. The number of hydrogen-bond acceptors (Lipinski definition) is 4. The molecule has 1 amide bonds. The third kappa shape index (κ3) is 5.34. The summed E-state index contributed by atoms with van der Waals surface area (Å²) in [6.07, 6.45) is 5.23. The van der Waals surface area contributed by atoms with Gasteiger partial charge >= 0.3 is 0 Å². The fourth-order valence-electron chi connectivity index (χ4n) is 3.92. The van der Waals surface area contributed by atoms with Gasteiger partial charge in [-0.05, 0) is 63.1 Å². The van der Waals surface area contributed by atoms with Crippen LogP contribution in [0.25, 0.3) is 0 Å². The molecule has 0 saturated heterocycles. The summed E-state index contributed by atoms with van der Waals surface area (Å²) in [5, 5.41) is 0. The number of hydrogen-bond donors (Lipinski definition) is 0. The van der Waals surface area contributed by atoms with E-state index in [-0.39, 0.29) is 29.2 Å². The standard InChI is InChI=1S/C24H30N2O4S/c1-18-9-15-23(16-10-18)31(29,30)26(22-13-11-20(12-14-22)19(2)27)17-24(28)25(3)21-7-5-4-6-8-21/h9-16,21H,4-8,17H2,1-3H3. The van der Waals surface area contributed by atoms with Gasteiger partial charge in [0.2, 0.25) is 5.91 Å². The largest absolute Gasteiger partial charge is 0.341 e. The SMILES string of the molecule is CC(=O)c1ccc(N(CC(=O)N(C)C2CCCCC2)S(=O)(=O)c2ccc(C)cc2)cc1. The minimum absolute atomic E-state index is 0.104. The van der Waals surface area contributed by atoms with Gasteiger partial charge in [-0.15, -0.1) is 0 Å². The summed E-state index contributed by atoms with van der Waals surface area (Å²) in [7, 11) is -2.20. The Morgan fingerprint density at radius 3 is 2.06 bits per heavy atom. The third-order valence-electron chi connectivity index (χ3n) is 5.97. The van der Waals surface area contributed by atoms with Gasteiger partial charge in [-0.1, -0.05) is 37.0 Å². The van der Waals surface area contributed by atoms with E-state index in [1.807, 2.05) is 6.92 Å². The van der Waals surface area contributed by atoms with Gasteiger partial charge in [-0.3, -0.25) is 13.9 Å². The average molecular weight is 443 g/mol. The van der Waals surface area contributed by atoms with Gasteiger partial charge in [0.25, 0.3) is 10.0 Å². The summed E-state index contributed by atoms with van der Waals surface area (Å²) in [6.45, 7) is 3.05. The van der Waals surface area contributed by atoms with E-state index in [4.69, 9.17) is 0 Å². The van der Waals surface area contributed by atoms with E-state index in [1.165, 1.54) is 13.3 Å². The van der Waals surface area contributed by atoms with Crippen LogP contribution in [0.4, 0.5) is 5.69 Å². The monoisotopic (exact) mass is 442 g/mol.